The van der Waals surface area contributed by atoms with Crippen molar-refractivity contribution in [2.24, 2.45) is 5.10 Å². The van der Waals surface area contributed by atoms with Gasteiger partial charge in [-0.25, -0.2) is 10.2 Å². The van der Waals surface area contributed by atoms with E-state index in [4.69, 9.17) is 55.9 Å². The van der Waals surface area contributed by atoms with Crippen LogP contribution in [0.1, 0.15) is 15.9 Å². The van der Waals surface area contributed by atoms with Gasteiger partial charge >= 0.3 is 17.8 Å². The molecule has 3 rings (SSSR count). The van der Waals surface area contributed by atoms with Crippen molar-refractivity contribution >= 4 is 76.1 Å². The lowest BCUT2D eigenvalue weighted by atomic mass is 10.2. The van der Waals surface area contributed by atoms with Gasteiger partial charge in [-0.3, -0.25) is 9.59 Å². The van der Waals surface area contributed by atoms with Crippen LogP contribution in [0.2, 0.25) is 20.1 Å². The van der Waals surface area contributed by atoms with Crippen LogP contribution in [-0.4, -0.2) is 31.1 Å². The summed E-state index contributed by atoms with van der Waals surface area (Å²) in [7, 11) is 1.38. The lowest BCUT2D eigenvalue weighted by Gasteiger charge is -2.10. The molecule has 0 unspecified atom stereocenters. The first-order chi connectivity index (χ1) is 16.7. The van der Waals surface area contributed by atoms with Gasteiger partial charge in [0.1, 0.15) is 0 Å². The van der Waals surface area contributed by atoms with E-state index < -0.39 is 17.8 Å². The number of carbonyl (C=O) groups excluding carboxylic acids is 3. The van der Waals surface area contributed by atoms with Crippen LogP contribution in [0.4, 0.5) is 5.69 Å². The van der Waals surface area contributed by atoms with Gasteiger partial charge in [0.2, 0.25) is 0 Å². The van der Waals surface area contributed by atoms with Crippen LogP contribution in [0.15, 0.2) is 59.7 Å². The summed E-state index contributed by atoms with van der Waals surface area (Å²) in [6, 6.07) is 13.5. The second-order valence-electron chi connectivity index (χ2n) is 6.68. The molecule has 2 amide bonds. The Morgan fingerprint density at radius 3 is 2.37 bits per heavy atom. The van der Waals surface area contributed by atoms with E-state index in [1.165, 1.54) is 55.8 Å². The molecule has 3 aromatic carbocycles. The Labute approximate surface area is 219 Å². The first kappa shape index (κ1) is 26.3. The summed E-state index contributed by atoms with van der Waals surface area (Å²) in [5.74, 6) is -2.39. The number of rotatable bonds is 6. The molecular weight excluding hydrogens is 540 g/mol. The molecule has 0 spiro atoms. The predicted molar refractivity (Wildman–Crippen MR) is 135 cm³/mol. The molecular formula is C23H15Cl4N3O5. The smallest absolute Gasteiger partial charge is 0.345 e. The largest absolute Gasteiger partial charge is 0.493 e. The summed E-state index contributed by atoms with van der Waals surface area (Å²) in [4.78, 5) is 36.5. The van der Waals surface area contributed by atoms with E-state index in [0.717, 1.165) is 0 Å². The second-order valence-corrected chi connectivity index (χ2v) is 8.31. The molecule has 12 heteroatoms. The van der Waals surface area contributed by atoms with Gasteiger partial charge in [0.25, 0.3) is 0 Å². The number of methoxy groups -OCH3 is 1. The molecule has 35 heavy (non-hydrogen) atoms. The number of hydrazone groups is 1. The highest BCUT2D eigenvalue weighted by molar-refractivity contribution is 6.45. The quantitative estimate of drug-likeness (QED) is 0.135. The van der Waals surface area contributed by atoms with Crippen molar-refractivity contribution in [2.75, 3.05) is 12.4 Å². The van der Waals surface area contributed by atoms with Gasteiger partial charge in [-0.2, -0.15) is 5.10 Å². The van der Waals surface area contributed by atoms with Crippen LogP contribution in [0.5, 0.6) is 11.5 Å². The van der Waals surface area contributed by atoms with Gasteiger partial charge in [-0.05, 0) is 54.1 Å². The van der Waals surface area contributed by atoms with Gasteiger partial charge < -0.3 is 14.8 Å². The van der Waals surface area contributed by atoms with E-state index in [1.54, 1.807) is 12.1 Å². The Morgan fingerprint density at radius 1 is 0.886 bits per heavy atom. The number of esters is 1. The normalized spacial score (nSPS) is 10.7. The molecule has 0 saturated heterocycles. The molecule has 180 valence electrons. The maximum Gasteiger partial charge on any atom is 0.345 e. The standard InChI is InChI=1S/C23H15Cl4N3O5/c1-34-19-9-12(5-8-18(19)35-23(33)14-7-6-13(24)10-16(14)26)11-28-30-22(32)21(31)29-17-4-2-3-15(25)20(17)27/h2-11H,1H3,(H,29,31)(H,30,32). The lowest BCUT2D eigenvalue weighted by Crippen LogP contribution is -2.32. The molecule has 3 aromatic rings. The fraction of sp³-hybridized carbons (Fsp3) is 0.0435. The Hall–Kier alpha value is -3.30. The average Bonchev–Trinajstić information content (AvgIpc) is 2.82. The summed E-state index contributed by atoms with van der Waals surface area (Å²) in [6.45, 7) is 0. The zero-order valence-electron chi connectivity index (χ0n) is 17.8. The van der Waals surface area contributed by atoms with Crippen LogP contribution >= 0.6 is 46.4 Å². The molecule has 0 aliphatic rings. The molecule has 0 aliphatic carbocycles. The molecule has 2 N–H and O–H groups in total. The topological polar surface area (TPSA) is 106 Å². The van der Waals surface area contributed by atoms with Crippen LogP contribution in [-0.2, 0) is 9.59 Å². The Bertz CT molecular complexity index is 1330. The first-order valence-electron chi connectivity index (χ1n) is 9.63. The minimum absolute atomic E-state index is 0.102. The predicted octanol–water partition coefficient (Wildman–Crippen LogP) is 5.62. The molecule has 0 heterocycles. The van der Waals surface area contributed by atoms with Crippen molar-refractivity contribution < 1.29 is 23.9 Å². The molecule has 0 saturated carbocycles. The van der Waals surface area contributed by atoms with Gasteiger partial charge in [0.15, 0.2) is 11.5 Å². The highest BCUT2D eigenvalue weighted by Crippen LogP contribution is 2.30. The SMILES string of the molecule is COc1cc(C=NNC(=O)C(=O)Nc2cccc(Cl)c2Cl)ccc1OC(=O)c1ccc(Cl)cc1Cl. The van der Waals surface area contributed by atoms with Gasteiger partial charge in [-0.15, -0.1) is 0 Å². The molecule has 0 bridgehead atoms. The molecule has 0 aliphatic heterocycles. The van der Waals surface area contributed by atoms with Crippen molar-refractivity contribution in [2.45, 2.75) is 0 Å². The van der Waals surface area contributed by atoms with E-state index in [0.29, 0.717) is 10.6 Å². The third kappa shape index (κ3) is 6.86. The number of amides is 2. The fourth-order valence-electron chi connectivity index (χ4n) is 2.65. The number of nitrogens with one attached hydrogen (secondary N) is 2. The number of halogens is 4. The summed E-state index contributed by atoms with van der Waals surface area (Å²) in [5, 5.41) is 6.93. The minimum atomic E-state index is -1.03. The Morgan fingerprint density at radius 2 is 1.66 bits per heavy atom. The summed E-state index contributed by atoms with van der Waals surface area (Å²) < 4.78 is 10.6. The van der Waals surface area contributed by atoms with Crippen LogP contribution in [0, 0.1) is 0 Å². The molecule has 8 nitrogen and oxygen atoms in total. The number of hydrogen-bond donors (Lipinski definition) is 2. The van der Waals surface area contributed by atoms with E-state index in [2.05, 4.69) is 15.8 Å². The third-order valence-electron chi connectivity index (χ3n) is 4.33. The van der Waals surface area contributed by atoms with E-state index in [1.807, 2.05) is 0 Å². The van der Waals surface area contributed by atoms with Crippen LogP contribution < -0.4 is 20.2 Å². The maximum atomic E-state index is 12.4. The van der Waals surface area contributed by atoms with Crippen molar-refractivity contribution in [3.05, 3.63) is 85.8 Å². The molecule has 0 aromatic heterocycles. The van der Waals surface area contributed by atoms with Crippen molar-refractivity contribution in [1.29, 1.82) is 0 Å². The maximum absolute atomic E-state index is 12.4. The van der Waals surface area contributed by atoms with E-state index >= 15 is 0 Å². The molecule has 0 radical (unpaired) electrons. The summed E-state index contributed by atoms with van der Waals surface area (Å²) >= 11 is 23.8. The first-order valence-corrected chi connectivity index (χ1v) is 11.1. The number of hydrogen-bond acceptors (Lipinski definition) is 6. The minimum Gasteiger partial charge on any atom is -0.493 e. The van der Waals surface area contributed by atoms with Crippen molar-refractivity contribution in [1.82, 2.24) is 5.43 Å². The summed E-state index contributed by atoms with van der Waals surface area (Å²) in [5.41, 5.74) is 2.88. The van der Waals surface area contributed by atoms with E-state index in [9.17, 15) is 14.4 Å². The lowest BCUT2D eigenvalue weighted by molar-refractivity contribution is -0.136. The Balaban J connectivity index is 1.63. The van der Waals surface area contributed by atoms with Gasteiger partial charge in [-0.1, -0.05) is 52.5 Å². The highest BCUT2D eigenvalue weighted by atomic mass is 35.5. The zero-order valence-corrected chi connectivity index (χ0v) is 20.8. The zero-order chi connectivity index (χ0) is 25.5. The van der Waals surface area contributed by atoms with Gasteiger partial charge in [0.05, 0.1) is 39.6 Å². The van der Waals surface area contributed by atoms with E-state index in [-0.39, 0.29) is 37.8 Å². The monoisotopic (exact) mass is 553 g/mol. The van der Waals surface area contributed by atoms with Crippen molar-refractivity contribution in [3.63, 3.8) is 0 Å². The van der Waals surface area contributed by atoms with Crippen LogP contribution in [0.25, 0.3) is 0 Å². The van der Waals surface area contributed by atoms with Crippen LogP contribution in [0.3, 0.4) is 0 Å². The highest BCUT2D eigenvalue weighted by Gasteiger charge is 2.17. The fourth-order valence-corrected chi connectivity index (χ4v) is 3.49. The summed E-state index contributed by atoms with van der Waals surface area (Å²) in [6.07, 6.45) is 1.27. The number of ether oxygens (including phenoxy) is 2. The number of benzene rings is 3. The Kier molecular flexibility index (Phi) is 8.95. The molecule has 0 fully saturated rings. The number of nitrogens with zero attached hydrogens (tertiary/aromatic N) is 1. The van der Waals surface area contributed by atoms with Gasteiger partial charge in [0, 0.05) is 5.02 Å². The second kappa shape index (κ2) is 11.9. The number of anilines is 1. The third-order valence-corrected chi connectivity index (χ3v) is 5.69. The molecule has 0 atom stereocenters. The average molecular weight is 555 g/mol. The van der Waals surface area contributed by atoms with Crippen molar-refractivity contribution in [3.8, 4) is 11.5 Å². The number of carbonyl (C=O) groups is 3.